The molecule has 9 nitrogen and oxygen atoms in total. The number of amides is 1. The van der Waals surface area contributed by atoms with Gasteiger partial charge in [0.05, 0.1) is 44.6 Å². The maximum absolute atomic E-state index is 13.8. The molecule has 1 amide bonds. The summed E-state index contributed by atoms with van der Waals surface area (Å²) in [6, 6.07) is 10.2. The largest absolute Gasteiger partial charge is 0.497 e. The van der Waals surface area contributed by atoms with E-state index < -0.39 is 29.3 Å². The molecule has 35 heavy (non-hydrogen) atoms. The van der Waals surface area contributed by atoms with Crippen molar-refractivity contribution in [3.8, 4) is 11.5 Å². The molecule has 2 aromatic carbocycles. The van der Waals surface area contributed by atoms with Gasteiger partial charge in [0.1, 0.15) is 17.0 Å². The molecule has 9 heteroatoms. The van der Waals surface area contributed by atoms with Crippen LogP contribution in [0.1, 0.15) is 41.4 Å². The fraction of sp³-hybridized carbons (Fsp3) is 0.423. The fourth-order valence-electron chi connectivity index (χ4n) is 5.01. The summed E-state index contributed by atoms with van der Waals surface area (Å²) in [6.07, 6.45) is 0. The summed E-state index contributed by atoms with van der Waals surface area (Å²) in [5.74, 6) is -1.42. The van der Waals surface area contributed by atoms with Gasteiger partial charge in [-0.1, -0.05) is 6.07 Å². The second kappa shape index (κ2) is 9.58. The van der Waals surface area contributed by atoms with Gasteiger partial charge in [-0.3, -0.25) is 14.9 Å². The summed E-state index contributed by atoms with van der Waals surface area (Å²) < 4.78 is 21.6. The minimum Gasteiger partial charge on any atom is -0.497 e. The highest BCUT2D eigenvalue weighted by Gasteiger charge is 2.60. The Kier molecular flexibility index (Phi) is 6.71. The molecule has 4 rings (SSSR count). The molecule has 2 heterocycles. The number of carbonyl (C=O) groups is 3. The van der Waals surface area contributed by atoms with Crippen LogP contribution in [0.25, 0.3) is 0 Å². The summed E-state index contributed by atoms with van der Waals surface area (Å²) in [4.78, 5) is 39.3. The molecule has 0 bridgehead atoms. The number of fused-ring (bicyclic) bond motifs is 3. The van der Waals surface area contributed by atoms with Gasteiger partial charge in [-0.25, -0.2) is 4.79 Å². The van der Waals surface area contributed by atoms with E-state index in [4.69, 9.17) is 18.9 Å². The van der Waals surface area contributed by atoms with Crippen LogP contribution in [0.15, 0.2) is 36.4 Å². The molecule has 0 spiro atoms. The molecule has 1 fully saturated rings. The number of nitrogens with one attached hydrogen (secondary N) is 2. The van der Waals surface area contributed by atoms with Gasteiger partial charge >= 0.3 is 11.9 Å². The molecule has 2 aliphatic heterocycles. The van der Waals surface area contributed by atoms with Crippen LogP contribution < -0.4 is 20.1 Å². The molecular formula is C26H30N2O7. The molecule has 0 saturated carbocycles. The van der Waals surface area contributed by atoms with E-state index in [0.717, 1.165) is 11.1 Å². The van der Waals surface area contributed by atoms with E-state index in [1.165, 1.54) is 7.11 Å². The first-order chi connectivity index (χ1) is 16.7. The minimum absolute atomic E-state index is 0.181. The molecule has 2 aliphatic rings. The van der Waals surface area contributed by atoms with Crippen LogP contribution in [0.3, 0.4) is 0 Å². The lowest BCUT2D eigenvalue weighted by Crippen LogP contribution is -2.55. The van der Waals surface area contributed by atoms with Crippen LogP contribution in [0.5, 0.6) is 11.5 Å². The van der Waals surface area contributed by atoms with Crippen LogP contribution in [0.4, 0.5) is 5.69 Å². The highest BCUT2D eigenvalue weighted by Crippen LogP contribution is 2.49. The third kappa shape index (κ3) is 4.32. The summed E-state index contributed by atoms with van der Waals surface area (Å²) in [7, 11) is 2.85. The van der Waals surface area contributed by atoms with Crippen molar-refractivity contribution in [2.75, 3.05) is 32.8 Å². The Labute approximate surface area is 204 Å². The van der Waals surface area contributed by atoms with Crippen LogP contribution in [-0.2, 0) is 19.1 Å². The Bertz CT molecular complexity index is 1160. The topological polar surface area (TPSA) is 112 Å². The van der Waals surface area contributed by atoms with Crippen LogP contribution in [-0.4, -0.2) is 50.8 Å². The number of carbonyl (C=O) groups excluding carboxylic acids is 3. The highest BCUT2D eigenvalue weighted by molar-refractivity contribution is 6.06. The Morgan fingerprint density at radius 1 is 1.17 bits per heavy atom. The Hall–Kier alpha value is -3.59. The number of hydrogen-bond donors (Lipinski definition) is 2. The number of rotatable bonds is 6. The first-order valence-corrected chi connectivity index (χ1v) is 11.5. The molecule has 2 N–H and O–H groups in total. The van der Waals surface area contributed by atoms with Crippen molar-refractivity contribution in [1.82, 2.24) is 5.32 Å². The minimum atomic E-state index is -1.35. The SMILES string of the molecule is CCOC(=O)[C@@H]1[C@H]2COc3ccc(OC)cc3[C@@H]2N[C@]1(C)C(=O)Nc1cc(C)ccc1C(=O)OC. The zero-order valence-corrected chi connectivity index (χ0v) is 20.5. The van der Waals surface area contributed by atoms with E-state index in [1.54, 1.807) is 45.2 Å². The van der Waals surface area contributed by atoms with Gasteiger partial charge in [0.15, 0.2) is 0 Å². The van der Waals surface area contributed by atoms with Gasteiger partial charge in [0.2, 0.25) is 5.91 Å². The predicted octanol–water partition coefficient (Wildman–Crippen LogP) is 3.02. The molecule has 186 valence electrons. The summed E-state index contributed by atoms with van der Waals surface area (Å²) in [5.41, 5.74) is 0.823. The van der Waals surface area contributed by atoms with Crippen molar-refractivity contribution < 1.29 is 33.3 Å². The lowest BCUT2D eigenvalue weighted by Gasteiger charge is -2.31. The van der Waals surface area contributed by atoms with E-state index in [0.29, 0.717) is 17.2 Å². The van der Waals surface area contributed by atoms with Gasteiger partial charge in [0.25, 0.3) is 0 Å². The van der Waals surface area contributed by atoms with Crippen LogP contribution in [0, 0.1) is 18.8 Å². The summed E-state index contributed by atoms with van der Waals surface area (Å²) in [5, 5.41) is 6.26. The maximum Gasteiger partial charge on any atom is 0.339 e. The smallest absolute Gasteiger partial charge is 0.339 e. The quantitative estimate of drug-likeness (QED) is 0.605. The van der Waals surface area contributed by atoms with Crippen molar-refractivity contribution in [3.05, 3.63) is 53.1 Å². The number of hydrogen-bond acceptors (Lipinski definition) is 8. The lowest BCUT2D eigenvalue weighted by atomic mass is 9.77. The second-order valence-electron chi connectivity index (χ2n) is 8.93. The average molecular weight is 483 g/mol. The van der Waals surface area contributed by atoms with Crippen molar-refractivity contribution in [3.63, 3.8) is 0 Å². The number of aryl methyl sites for hydroxylation is 1. The third-order valence-corrected chi connectivity index (χ3v) is 6.76. The Morgan fingerprint density at radius 3 is 2.63 bits per heavy atom. The van der Waals surface area contributed by atoms with Gasteiger partial charge in [-0.2, -0.15) is 0 Å². The van der Waals surface area contributed by atoms with E-state index in [1.807, 2.05) is 19.1 Å². The second-order valence-corrected chi connectivity index (χ2v) is 8.93. The fourth-order valence-corrected chi connectivity index (χ4v) is 5.01. The zero-order chi connectivity index (χ0) is 25.3. The molecule has 0 aliphatic carbocycles. The number of benzene rings is 2. The van der Waals surface area contributed by atoms with Crippen molar-refractivity contribution >= 4 is 23.5 Å². The monoisotopic (exact) mass is 482 g/mol. The molecule has 0 radical (unpaired) electrons. The van der Waals surface area contributed by atoms with Crippen LogP contribution in [0.2, 0.25) is 0 Å². The normalized spacial score (nSPS) is 24.4. The number of ether oxygens (including phenoxy) is 4. The highest BCUT2D eigenvalue weighted by atomic mass is 16.5. The van der Waals surface area contributed by atoms with E-state index in [-0.39, 0.29) is 30.7 Å². The number of anilines is 1. The Balaban J connectivity index is 1.74. The van der Waals surface area contributed by atoms with Gasteiger partial charge < -0.3 is 24.3 Å². The average Bonchev–Trinajstić information content (AvgIpc) is 3.17. The maximum atomic E-state index is 13.8. The third-order valence-electron chi connectivity index (χ3n) is 6.76. The van der Waals surface area contributed by atoms with Crippen molar-refractivity contribution in [2.45, 2.75) is 32.4 Å². The van der Waals surface area contributed by atoms with Crippen LogP contribution >= 0.6 is 0 Å². The van der Waals surface area contributed by atoms with Crippen molar-refractivity contribution in [1.29, 1.82) is 0 Å². The first-order valence-electron chi connectivity index (χ1n) is 11.5. The van der Waals surface area contributed by atoms with E-state index >= 15 is 0 Å². The number of methoxy groups -OCH3 is 2. The van der Waals surface area contributed by atoms with Gasteiger partial charge in [-0.15, -0.1) is 0 Å². The molecular weight excluding hydrogens is 452 g/mol. The number of esters is 2. The van der Waals surface area contributed by atoms with Gasteiger partial charge in [-0.05, 0) is 56.7 Å². The predicted molar refractivity (Wildman–Crippen MR) is 128 cm³/mol. The zero-order valence-electron chi connectivity index (χ0n) is 20.5. The first kappa shape index (κ1) is 24.5. The standard InChI is InChI=1S/C26H30N2O7/c1-6-34-24(30)21-18-13-35-20-10-8-15(32-4)12-17(20)22(18)28-26(21,3)25(31)27-19-11-14(2)7-9-16(19)23(29)33-5/h7-12,18,21-22,28H,6,13H2,1-5H3,(H,27,31)/t18-,21+,22+,26+/m1/s1. The molecule has 1 saturated heterocycles. The van der Waals surface area contributed by atoms with Crippen molar-refractivity contribution in [2.24, 2.45) is 11.8 Å². The van der Waals surface area contributed by atoms with E-state index in [2.05, 4.69) is 10.6 Å². The molecule has 0 unspecified atom stereocenters. The molecule has 4 atom stereocenters. The summed E-state index contributed by atoms with van der Waals surface area (Å²) in [6.45, 7) is 5.67. The summed E-state index contributed by atoms with van der Waals surface area (Å²) >= 11 is 0. The lowest BCUT2D eigenvalue weighted by molar-refractivity contribution is -0.154. The van der Waals surface area contributed by atoms with Gasteiger partial charge in [0, 0.05) is 17.5 Å². The molecule has 2 aromatic rings. The molecule has 0 aromatic heterocycles. The Morgan fingerprint density at radius 2 is 1.94 bits per heavy atom. The van der Waals surface area contributed by atoms with E-state index in [9.17, 15) is 14.4 Å².